The van der Waals surface area contributed by atoms with E-state index in [9.17, 15) is 24.8 Å². The molecule has 0 aromatic heterocycles. The molecule has 0 aliphatic heterocycles. The SMILES string of the molecule is Cc1cc(C(=O)Nc2cc(CC(=O)O)ccc2O)ccc1[N+](=O)[O-]. The molecule has 3 N–H and O–H groups in total. The van der Waals surface area contributed by atoms with E-state index in [1.54, 1.807) is 0 Å². The van der Waals surface area contributed by atoms with E-state index in [0.29, 0.717) is 11.1 Å². The molecule has 8 nitrogen and oxygen atoms in total. The van der Waals surface area contributed by atoms with Crippen LogP contribution in [0.5, 0.6) is 5.75 Å². The monoisotopic (exact) mass is 330 g/mol. The van der Waals surface area contributed by atoms with Crippen molar-refractivity contribution in [1.82, 2.24) is 0 Å². The molecular weight excluding hydrogens is 316 g/mol. The number of aromatic hydroxyl groups is 1. The summed E-state index contributed by atoms with van der Waals surface area (Å²) in [6.45, 7) is 1.51. The van der Waals surface area contributed by atoms with Crippen molar-refractivity contribution >= 4 is 23.3 Å². The summed E-state index contributed by atoms with van der Waals surface area (Å²) in [5.74, 6) is -1.82. The highest BCUT2D eigenvalue weighted by Gasteiger charge is 2.15. The summed E-state index contributed by atoms with van der Waals surface area (Å²) >= 11 is 0. The van der Waals surface area contributed by atoms with Crippen LogP contribution in [-0.4, -0.2) is 27.0 Å². The summed E-state index contributed by atoms with van der Waals surface area (Å²) < 4.78 is 0. The molecule has 0 atom stereocenters. The molecule has 0 unspecified atom stereocenters. The molecule has 0 fully saturated rings. The lowest BCUT2D eigenvalue weighted by atomic mass is 10.1. The van der Waals surface area contributed by atoms with Crippen molar-refractivity contribution in [1.29, 1.82) is 0 Å². The molecule has 2 aromatic rings. The summed E-state index contributed by atoms with van der Waals surface area (Å²) in [5.41, 5.74) is 0.890. The largest absolute Gasteiger partial charge is 0.506 e. The third kappa shape index (κ3) is 3.86. The molecule has 0 aliphatic rings. The van der Waals surface area contributed by atoms with Gasteiger partial charge in [0.05, 0.1) is 17.0 Å². The summed E-state index contributed by atoms with van der Waals surface area (Å²) in [7, 11) is 0. The molecule has 0 saturated heterocycles. The zero-order valence-electron chi connectivity index (χ0n) is 12.6. The Morgan fingerprint density at radius 3 is 2.50 bits per heavy atom. The van der Waals surface area contributed by atoms with Gasteiger partial charge in [-0.25, -0.2) is 0 Å². The predicted octanol–water partition coefficient (Wildman–Crippen LogP) is 2.49. The van der Waals surface area contributed by atoms with E-state index in [0.717, 1.165) is 0 Å². The summed E-state index contributed by atoms with van der Waals surface area (Å²) in [4.78, 5) is 33.2. The third-order valence-electron chi connectivity index (χ3n) is 3.32. The topological polar surface area (TPSA) is 130 Å². The Bertz CT molecular complexity index is 831. The van der Waals surface area contributed by atoms with Crippen molar-refractivity contribution in [2.24, 2.45) is 0 Å². The number of nitrogens with one attached hydrogen (secondary N) is 1. The number of carbonyl (C=O) groups is 2. The lowest BCUT2D eigenvalue weighted by Crippen LogP contribution is -2.13. The fourth-order valence-corrected chi connectivity index (χ4v) is 2.16. The second-order valence-electron chi connectivity index (χ2n) is 5.13. The van der Waals surface area contributed by atoms with Gasteiger partial charge in [0.2, 0.25) is 0 Å². The Morgan fingerprint density at radius 2 is 1.92 bits per heavy atom. The Labute approximate surface area is 136 Å². The highest BCUT2D eigenvalue weighted by Crippen LogP contribution is 2.26. The fraction of sp³-hybridized carbons (Fsp3) is 0.125. The minimum atomic E-state index is -1.04. The maximum absolute atomic E-state index is 12.2. The number of rotatable bonds is 5. The van der Waals surface area contributed by atoms with Gasteiger partial charge < -0.3 is 15.5 Å². The first-order valence-electron chi connectivity index (χ1n) is 6.88. The van der Waals surface area contributed by atoms with E-state index in [1.807, 2.05) is 0 Å². The number of benzene rings is 2. The van der Waals surface area contributed by atoms with Gasteiger partial charge in [-0.1, -0.05) is 6.07 Å². The lowest BCUT2D eigenvalue weighted by molar-refractivity contribution is -0.385. The number of carboxylic acid groups (broad SMARTS) is 1. The first-order chi connectivity index (χ1) is 11.3. The summed E-state index contributed by atoms with van der Waals surface area (Å²) in [6, 6.07) is 7.99. The molecule has 0 saturated carbocycles. The smallest absolute Gasteiger partial charge is 0.307 e. The van der Waals surface area contributed by atoms with Crippen molar-refractivity contribution in [3.05, 3.63) is 63.2 Å². The summed E-state index contributed by atoms with van der Waals surface area (Å²) in [6.07, 6.45) is -0.250. The van der Waals surface area contributed by atoms with Gasteiger partial charge in [-0.3, -0.25) is 19.7 Å². The number of hydrogen-bond donors (Lipinski definition) is 3. The van der Waals surface area contributed by atoms with E-state index in [-0.39, 0.29) is 29.1 Å². The van der Waals surface area contributed by atoms with Crippen molar-refractivity contribution in [3.63, 3.8) is 0 Å². The maximum atomic E-state index is 12.2. The highest BCUT2D eigenvalue weighted by atomic mass is 16.6. The van der Waals surface area contributed by atoms with Gasteiger partial charge in [0, 0.05) is 17.2 Å². The van der Waals surface area contributed by atoms with Gasteiger partial charge in [-0.05, 0) is 36.8 Å². The first-order valence-corrected chi connectivity index (χ1v) is 6.88. The number of hydrogen-bond acceptors (Lipinski definition) is 5. The van der Waals surface area contributed by atoms with E-state index in [1.165, 1.54) is 43.3 Å². The molecule has 2 aromatic carbocycles. The molecule has 0 spiro atoms. The van der Waals surface area contributed by atoms with Crippen LogP contribution in [0.3, 0.4) is 0 Å². The normalized spacial score (nSPS) is 10.2. The van der Waals surface area contributed by atoms with Crippen LogP contribution in [0.4, 0.5) is 11.4 Å². The number of phenolic OH excluding ortho intramolecular Hbond substituents is 1. The highest BCUT2D eigenvalue weighted by molar-refractivity contribution is 6.05. The van der Waals surface area contributed by atoms with E-state index in [4.69, 9.17) is 5.11 Å². The molecule has 24 heavy (non-hydrogen) atoms. The summed E-state index contributed by atoms with van der Waals surface area (Å²) in [5, 5.41) is 31.8. The second kappa shape index (κ2) is 6.78. The van der Waals surface area contributed by atoms with Crippen molar-refractivity contribution in [3.8, 4) is 5.75 Å². The number of carbonyl (C=O) groups excluding carboxylic acids is 1. The Morgan fingerprint density at radius 1 is 1.21 bits per heavy atom. The maximum Gasteiger partial charge on any atom is 0.307 e. The van der Waals surface area contributed by atoms with Crippen LogP contribution in [0.15, 0.2) is 36.4 Å². The van der Waals surface area contributed by atoms with Gasteiger partial charge in [0.25, 0.3) is 11.6 Å². The van der Waals surface area contributed by atoms with Gasteiger partial charge in [-0.15, -0.1) is 0 Å². The lowest BCUT2D eigenvalue weighted by Gasteiger charge is -2.09. The molecule has 0 bridgehead atoms. The van der Waals surface area contributed by atoms with Crippen LogP contribution in [0.25, 0.3) is 0 Å². The predicted molar refractivity (Wildman–Crippen MR) is 85.2 cm³/mol. The van der Waals surface area contributed by atoms with Crippen LogP contribution >= 0.6 is 0 Å². The van der Waals surface area contributed by atoms with Crippen LogP contribution in [0, 0.1) is 17.0 Å². The van der Waals surface area contributed by atoms with Crippen LogP contribution < -0.4 is 5.32 Å². The number of nitro groups is 1. The van der Waals surface area contributed by atoms with Crippen LogP contribution in [-0.2, 0) is 11.2 Å². The van der Waals surface area contributed by atoms with E-state index < -0.39 is 16.8 Å². The van der Waals surface area contributed by atoms with Gasteiger partial charge in [0.1, 0.15) is 5.75 Å². The molecule has 0 radical (unpaired) electrons. The molecule has 0 heterocycles. The molecule has 8 heteroatoms. The average molecular weight is 330 g/mol. The molecule has 124 valence electrons. The minimum absolute atomic E-state index is 0.0646. The number of phenols is 1. The number of aliphatic carboxylic acids is 1. The quantitative estimate of drug-likeness (QED) is 0.439. The fourth-order valence-electron chi connectivity index (χ4n) is 2.16. The Kier molecular flexibility index (Phi) is 4.78. The molecule has 1 amide bonds. The van der Waals surface area contributed by atoms with Crippen molar-refractivity contribution < 1.29 is 24.7 Å². The second-order valence-corrected chi connectivity index (χ2v) is 5.13. The Hall–Kier alpha value is -3.42. The van der Waals surface area contributed by atoms with Crippen molar-refractivity contribution in [2.75, 3.05) is 5.32 Å². The first kappa shape index (κ1) is 16.9. The number of carboxylic acids is 1. The zero-order chi connectivity index (χ0) is 17.9. The zero-order valence-corrected chi connectivity index (χ0v) is 12.6. The third-order valence-corrected chi connectivity index (χ3v) is 3.32. The molecule has 0 aliphatic carbocycles. The minimum Gasteiger partial charge on any atom is -0.506 e. The van der Waals surface area contributed by atoms with Crippen LogP contribution in [0.2, 0.25) is 0 Å². The van der Waals surface area contributed by atoms with Crippen molar-refractivity contribution in [2.45, 2.75) is 13.3 Å². The number of nitro benzene ring substituents is 1. The van der Waals surface area contributed by atoms with Gasteiger partial charge >= 0.3 is 5.97 Å². The Balaban J connectivity index is 2.25. The number of anilines is 1. The number of nitrogens with zero attached hydrogens (tertiary/aromatic N) is 1. The van der Waals surface area contributed by atoms with Crippen LogP contribution in [0.1, 0.15) is 21.5 Å². The van der Waals surface area contributed by atoms with E-state index in [2.05, 4.69) is 5.32 Å². The standard InChI is InChI=1S/C16H14N2O6/c1-9-6-11(3-4-13(9)18(23)24)16(22)17-12-7-10(8-15(20)21)2-5-14(12)19/h2-7,19H,8H2,1H3,(H,17,22)(H,20,21). The molecular formula is C16H14N2O6. The van der Waals surface area contributed by atoms with Gasteiger partial charge in [-0.2, -0.15) is 0 Å². The number of aryl methyl sites for hydroxylation is 1. The average Bonchev–Trinajstić information content (AvgIpc) is 2.49. The van der Waals surface area contributed by atoms with E-state index >= 15 is 0 Å². The number of amides is 1. The molecule has 2 rings (SSSR count). The van der Waals surface area contributed by atoms with Gasteiger partial charge in [0.15, 0.2) is 0 Å².